The second-order valence-electron chi connectivity index (χ2n) is 5.25. The average molecular weight is 404 g/mol. The van der Waals surface area contributed by atoms with Crippen LogP contribution in [0.3, 0.4) is 0 Å². The summed E-state index contributed by atoms with van der Waals surface area (Å²) in [4.78, 5) is 11.4. The largest absolute Gasteiger partial charge is 0.508 e. The van der Waals surface area contributed by atoms with E-state index in [9.17, 15) is 4.79 Å². The highest BCUT2D eigenvalue weighted by molar-refractivity contribution is 14.1. The first kappa shape index (κ1) is 18.3. The third kappa shape index (κ3) is 8.29. The molecular weight excluding hydrogens is 379 g/mol. The van der Waals surface area contributed by atoms with Gasteiger partial charge < -0.3 is 9.47 Å². The minimum Gasteiger partial charge on any atom is -0.434 e. The molecule has 0 saturated carbocycles. The minimum atomic E-state index is -0.540. The van der Waals surface area contributed by atoms with E-state index in [1.165, 1.54) is 22.0 Å². The van der Waals surface area contributed by atoms with Gasteiger partial charge in [0.15, 0.2) is 0 Å². The van der Waals surface area contributed by atoms with Crippen LogP contribution in [0.25, 0.3) is 0 Å². The minimum absolute atomic E-state index is 0.374. The van der Waals surface area contributed by atoms with Gasteiger partial charge in [0.05, 0.1) is 13.2 Å². The molecule has 0 fully saturated rings. The molecule has 0 aromatic heterocycles. The molecule has 0 bridgehead atoms. The molecule has 0 amide bonds. The van der Waals surface area contributed by atoms with Gasteiger partial charge in [0.1, 0.15) is 0 Å². The van der Waals surface area contributed by atoms with Crippen LogP contribution in [0.4, 0.5) is 4.79 Å². The number of halogens is 1. The third-order valence-corrected chi connectivity index (χ3v) is 4.15. The summed E-state index contributed by atoms with van der Waals surface area (Å²) in [6.45, 7) is 5.16. The Labute approximate surface area is 141 Å². The van der Waals surface area contributed by atoms with Gasteiger partial charge in [-0.3, -0.25) is 0 Å². The van der Waals surface area contributed by atoms with Gasteiger partial charge in [-0.05, 0) is 59.0 Å². The van der Waals surface area contributed by atoms with E-state index in [1.54, 1.807) is 0 Å². The van der Waals surface area contributed by atoms with Crippen molar-refractivity contribution in [2.24, 2.45) is 0 Å². The van der Waals surface area contributed by atoms with Gasteiger partial charge in [0, 0.05) is 3.57 Å². The summed E-state index contributed by atoms with van der Waals surface area (Å²) in [5.74, 6) is 0.374. The maximum atomic E-state index is 11.4. The zero-order chi connectivity index (χ0) is 15.5. The maximum Gasteiger partial charge on any atom is 0.508 e. The Hall–Kier alpha value is -0.780. The van der Waals surface area contributed by atoms with Crippen LogP contribution in [-0.2, 0) is 9.47 Å². The lowest BCUT2D eigenvalue weighted by Crippen LogP contribution is -2.11. The maximum absolute atomic E-state index is 11.4. The van der Waals surface area contributed by atoms with Crippen LogP contribution in [0.5, 0.6) is 0 Å². The van der Waals surface area contributed by atoms with E-state index in [4.69, 9.17) is 9.47 Å². The van der Waals surface area contributed by atoms with Crippen LogP contribution in [0.2, 0.25) is 0 Å². The Kier molecular flexibility index (Phi) is 9.46. The fraction of sp³-hybridized carbons (Fsp3) is 0.588. The molecule has 0 spiro atoms. The Bertz CT molecular complexity index is 403. The first-order chi connectivity index (χ1) is 10.1. The van der Waals surface area contributed by atoms with Crippen LogP contribution < -0.4 is 0 Å². The summed E-state index contributed by atoms with van der Waals surface area (Å²) in [6, 6.07) is 8.44. The van der Waals surface area contributed by atoms with Gasteiger partial charge in [0.25, 0.3) is 0 Å². The quantitative estimate of drug-likeness (QED) is 0.309. The second kappa shape index (κ2) is 10.9. The zero-order valence-electron chi connectivity index (χ0n) is 12.9. The number of hydrogen-bond acceptors (Lipinski definition) is 3. The molecule has 1 aromatic carbocycles. The van der Waals surface area contributed by atoms with E-state index in [2.05, 4.69) is 60.7 Å². The summed E-state index contributed by atoms with van der Waals surface area (Å²) in [5.41, 5.74) is 1.27. The Morgan fingerprint density at radius 1 is 1.10 bits per heavy atom. The van der Waals surface area contributed by atoms with Gasteiger partial charge in [-0.2, -0.15) is 0 Å². The fourth-order valence-corrected chi connectivity index (χ4v) is 2.36. The van der Waals surface area contributed by atoms with E-state index in [1.807, 2.05) is 0 Å². The number of ether oxygens (including phenoxy) is 2. The molecule has 0 saturated heterocycles. The molecule has 118 valence electrons. The molecule has 0 radical (unpaired) electrons. The second-order valence-corrected chi connectivity index (χ2v) is 6.49. The number of carbonyl (C=O) groups excluding carboxylic acids is 1. The number of hydrogen-bond donors (Lipinski definition) is 0. The summed E-state index contributed by atoms with van der Waals surface area (Å²) in [5, 5.41) is 0. The molecule has 1 rings (SSSR count). The SMILES string of the molecule is CCCCCCOC(=O)OCC[C@H](C)c1ccc(I)cc1. The van der Waals surface area contributed by atoms with E-state index in [0.717, 1.165) is 19.3 Å². The molecule has 1 atom stereocenters. The normalized spacial score (nSPS) is 12.0. The van der Waals surface area contributed by atoms with Crippen LogP contribution in [0.15, 0.2) is 24.3 Å². The zero-order valence-corrected chi connectivity index (χ0v) is 15.1. The highest BCUT2D eigenvalue weighted by atomic mass is 127. The Morgan fingerprint density at radius 2 is 1.76 bits per heavy atom. The van der Waals surface area contributed by atoms with E-state index in [-0.39, 0.29) is 0 Å². The van der Waals surface area contributed by atoms with Crippen LogP contribution in [0, 0.1) is 3.57 Å². The van der Waals surface area contributed by atoms with Gasteiger partial charge in [-0.25, -0.2) is 4.79 Å². The molecule has 0 aliphatic heterocycles. The summed E-state index contributed by atoms with van der Waals surface area (Å²) >= 11 is 2.29. The van der Waals surface area contributed by atoms with Gasteiger partial charge in [0.2, 0.25) is 0 Å². The molecular formula is C17H25IO3. The van der Waals surface area contributed by atoms with Gasteiger partial charge in [-0.15, -0.1) is 0 Å². The average Bonchev–Trinajstić information content (AvgIpc) is 2.47. The molecule has 0 heterocycles. The van der Waals surface area contributed by atoms with Gasteiger partial charge >= 0.3 is 6.16 Å². The molecule has 3 nitrogen and oxygen atoms in total. The molecule has 0 aliphatic rings. The monoisotopic (exact) mass is 404 g/mol. The smallest absolute Gasteiger partial charge is 0.434 e. The van der Waals surface area contributed by atoms with Crippen molar-refractivity contribution in [2.45, 2.75) is 51.9 Å². The van der Waals surface area contributed by atoms with Crippen molar-refractivity contribution in [2.75, 3.05) is 13.2 Å². The van der Waals surface area contributed by atoms with Crippen molar-refractivity contribution in [3.63, 3.8) is 0 Å². The number of rotatable bonds is 9. The van der Waals surface area contributed by atoms with E-state index in [0.29, 0.717) is 19.1 Å². The third-order valence-electron chi connectivity index (χ3n) is 3.43. The molecule has 21 heavy (non-hydrogen) atoms. The molecule has 4 heteroatoms. The van der Waals surface area contributed by atoms with Crippen molar-refractivity contribution in [3.8, 4) is 0 Å². The topological polar surface area (TPSA) is 35.5 Å². The lowest BCUT2D eigenvalue weighted by atomic mass is 9.98. The first-order valence-corrected chi connectivity index (χ1v) is 8.76. The lowest BCUT2D eigenvalue weighted by molar-refractivity contribution is 0.0524. The van der Waals surface area contributed by atoms with Crippen LogP contribution >= 0.6 is 22.6 Å². The molecule has 1 aromatic rings. The van der Waals surface area contributed by atoms with Crippen LogP contribution in [-0.4, -0.2) is 19.4 Å². The fourth-order valence-electron chi connectivity index (χ4n) is 2.00. The summed E-state index contributed by atoms with van der Waals surface area (Å²) in [7, 11) is 0. The number of benzene rings is 1. The molecule has 0 N–H and O–H groups in total. The van der Waals surface area contributed by atoms with Crippen molar-refractivity contribution in [1.29, 1.82) is 0 Å². The highest BCUT2D eigenvalue weighted by Gasteiger charge is 2.08. The Morgan fingerprint density at radius 3 is 2.43 bits per heavy atom. The standard InChI is InChI=1S/C17H25IO3/c1-3-4-5-6-12-20-17(19)21-13-11-14(2)15-7-9-16(18)10-8-15/h7-10,14H,3-6,11-13H2,1-2H3/t14-/m0/s1. The predicted octanol–water partition coefficient (Wildman–Crippen LogP) is 5.52. The van der Waals surface area contributed by atoms with Crippen molar-refractivity contribution < 1.29 is 14.3 Å². The van der Waals surface area contributed by atoms with Crippen molar-refractivity contribution in [3.05, 3.63) is 33.4 Å². The van der Waals surface area contributed by atoms with Gasteiger partial charge in [-0.1, -0.05) is 45.2 Å². The molecule has 0 unspecified atom stereocenters. The lowest BCUT2D eigenvalue weighted by Gasteiger charge is -2.12. The molecule has 0 aliphatic carbocycles. The highest BCUT2D eigenvalue weighted by Crippen LogP contribution is 2.20. The van der Waals surface area contributed by atoms with Crippen molar-refractivity contribution in [1.82, 2.24) is 0 Å². The van der Waals surface area contributed by atoms with Crippen molar-refractivity contribution >= 4 is 28.7 Å². The number of unbranched alkanes of at least 4 members (excludes halogenated alkanes) is 3. The Balaban J connectivity index is 2.12. The summed E-state index contributed by atoms with van der Waals surface area (Å²) < 4.78 is 11.4. The first-order valence-electron chi connectivity index (χ1n) is 7.68. The predicted molar refractivity (Wildman–Crippen MR) is 93.6 cm³/mol. The summed E-state index contributed by atoms with van der Waals surface area (Å²) in [6.07, 6.45) is 4.66. The number of carbonyl (C=O) groups is 1. The van der Waals surface area contributed by atoms with E-state index >= 15 is 0 Å². The van der Waals surface area contributed by atoms with E-state index < -0.39 is 6.16 Å². The van der Waals surface area contributed by atoms with Crippen LogP contribution in [0.1, 0.15) is 57.4 Å².